The molecule has 0 fully saturated rings. The maximum Gasteiger partial charge on any atom is 0.699 e. The fraction of sp³-hybridized carbons (Fsp3) is 0.211. The van der Waals surface area contributed by atoms with Gasteiger partial charge in [0, 0.05) is 24.3 Å². The van der Waals surface area contributed by atoms with Crippen LogP contribution < -0.4 is 0 Å². The van der Waals surface area contributed by atoms with Gasteiger partial charge in [0.2, 0.25) is 0 Å². The van der Waals surface area contributed by atoms with Gasteiger partial charge in [-0.05, 0) is 38.0 Å². The Balaban J connectivity index is 2.12. The molecule has 1 radical (unpaired) electrons. The van der Waals surface area contributed by atoms with E-state index in [1.165, 1.54) is 45.1 Å². The summed E-state index contributed by atoms with van der Waals surface area (Å²) < 4.78 is 4.63. The lowest BCUT2D eigenvalue weighted by atomic mass is 9.89. The van der Waals surface area contributed by atoms with Crippen LogP contribution in [0.1, 0.15) is 36.4 Å². The third kappa shape index (κ3) is 1.72. The molecule has 0 amide bonds. The normalized spacial score (nSPS) is 16.5. The van der Waals surface area contributed by atoms with E-state index in [4.69, 9.17) is 0 Å². The van der Waals surface area contributed by atoms with Gasteiger partial charge in [0.1, 0.15) is 0 Å². The smallest absolute Gasteiger partial charge is 0.322 e. The minimum Gasteiger partial charge on any atom is -0.322 e. The van der Waals surface area contributed by atoms with Crippen molar-refractivity contribution in [1.82, 2.24) is 4.48 Å². The second kappa shape index (κ2) is 4.60. The summed E-state index contributed by atoms with van der Waals surface area (Å²) in [6, 6.07) is 13.0. The molecule has 3 heterocycles. The molecule has 0 unspecified atom stereocenters. The molecular formula is C19H19BN2+. The van der Waals surface area contributed by atoms with E-state index in [1.54, 1.807) is 0 Å². The Kier molecular flexibility index (Phi) is 2.80. The summed E-state index contributed by atoms with van der Waals surface area (Å²) in [5.74, 6) is 0. The van der Waals surface area contributed by atoms with Gasteiger partial charge in [-0.25, -0.2) is 0 Å². The van der Waals surface area contributed by atoms with Crippen molar-refractivity contribution >= 4 is 18.8 Å². The van der Waals surface area contributed by atoms with E-state index in [9.17, 15) is 0 Å². The van der Waals surface area contributed by atoms with Crippen LogP contribution in [0.4, 0.5) is 0 Å². The molecule has 4 rings (SSSR count). The Labute approximate surface area is 132 Å². The molecular weight excluding hydrogens is 267 g/mol. The third-order valence-corrected chi connectivity index (χ3v) is 4.61. The number of rotatable bonds is 1. The van der Waals surface area contributed by atoms with Gasteiger partial charge in [-0.3, -0.25) is 4.49 Å². The average molecular weight is 286 g/mol. The van der Waals surface area contributed by atoms with Gasteiger partial charge in [-0.2, -0.15) is 0 Å². The summed E-state index contributed by atoms with van der Waals surface area (Å²) in [4.78, 5) is 0. The topological polar surface area (TPSA) is 7.94 Å². The van der Waals surface area contributed by atoms with Crippen LogP contribution in [0.3, 0.4) is 0 Å². The van der Waals surface area contributed by atoms with E-state index in [1.807, 2.05) is 0 Å². The Morgan fingerprint density at radius 1 is 1.00 bits per heavy atom. The highest BCUT2D eigenvalue weighted by Crippen LogP contribution is 2.38. The van der Waals surface area contributed by atoms with Gasteiger partial charge in [0.05, 0.1) is 11.3 Å². The predicted octanol–water partition coefficient (Wildman–Crippen LogP) is 3.69. The van der Waals surface area contributed by atoms with Gasteiger partial charge in [-0.15, -0.1) is 0 Å². The quantitative estimate of drug-likeness (QED) is 0.706. The lowest BCUT2D eigenvalue weighted by Crippen LogP contribution is -2.32. The van der Waals surface area contributed by atoms with Crippen LogP contribution in [-0.2, 0) is 0 Å². The first kappa shape index (κ1) is 13.4. The highest BCUT2D eigenvalue weighted by Gasteiger charge is 2.39. The molecule has 3 heteroatoms. The Bertz CT molecular complexity index is 880. The molecule has 2 aromatic rings. The molecule has 1 aromatic heterocycles. The highest BCUT2D eigenvalue weighted by atomic mass is 15.1. The third-order valence-electron chi connectivity index (χ3n) is 4.61. The molecule has 0 bridgehead atoms. The zero-order valence-electron chi connectivity index (χ0n) is 13.5. The molecule has 2 aliphatic heterocycles. The lowest BCUT2D eigenvalue weighted by Gasteiger charge is -2.20. The number of aromatic nitrogens is 1. The summed E-state index contributed by atoms with van der Waals surface area (Å²) >= 11 is 0. The summed E-state index contributed by atoms with van der Waals surface area (Å²) in [5.41, 5.74) is 10.5. The monoisotopic (exact) mass is 286 g/mol. The zero-order chi connectivity index (χ0) is 15.4. The number of hydrogen-bond donors (Lipinski definition) is 0. The SMILES string of the molecule is CC1=CC(C)=[N+]2[B]n3c(C)cc(C)c3C(c3ccccc3)=C12. The van der Waals surface area contributed by atoms with Gasteiger partial charge < -0.3 is 4.48 Å². The molecule has 2 aliphatic rings. The van der Waals surface area contributed by atoms with Crippen molar-refractivity contribution in [3.05, 3.63) is 76.3 Å². The van der Waals surface area contributed by atoms with Crippen molar-refractivity contribution in [3.8, 4) is 0 Å². The fourth-order valence-electron chi connectivity index (χ4n) is 3.67. The fourth-order valence-corrected chi connectivity index (χ4v) is 3.67. The van der Waals surface area contributed by atoms with Crippen LogP contribution >= 0.6 is 0 Å². The standard InChI is InChI=1S/C19H19BN2/c1-12-10-14(3)21-18(12)17(16-8-6-5-7-9-16)19-13(2)11-15(4)22(19)20-21/h5-11H,1-4H3/q+1. The van der Waals surface area contributed by atoms with Crippen molar-refractivity contribution in [2.24, 2.45) is 0 Å². The molecule has 2 nitrogen and oxygen atoms in total. The molecule has 1 aromatic carbocycles. The maximum atomic E-state index is 2.32. The zero-order valence-corrected chi connectivity index (χ0v) is 13.5. The van der Waals surface area contributed by atoms with E-state index in [-0.39, 0.29) is 0 Å². The number of benzene rings is 1. The first-order valence-corrected chi connectivity index (χ1v) is 7.73. The Morgan fingerprint density at radius 2 is 1.73 bits per heavy atom. The van der Waals surface area contributed by atoms with Crippen LogP contribution in [0.25, 0.3) is 5.57 Å². The van der Waals surface area contributed by atoms with Gasteiger partial charge in [0.25, 0.3) is 0 Å². The first-order chi connectivity index (χ1) is 10.6. The summed E-state index contributed by atoms with van der Waals surface area (Å²) in [7, 11) is 2.22. The molecule has 22 heavy (non-hydrogen) atoms. The molecule has 0 aliphatic carbocycles. The van der Waals surface area contributed by atoms with E-state index >= 15 is 0 Å². The predicted molar refractivity (Wildman–Crippen MR) is 92.2 cm³/mol. The number of aryl methyl sites for hydroxylation is 2. The van der Waals surface area contributed by atoms with Crippen molar-refractivity contribution < 1.29 is 4.49 Å². The summed E-state index contributed by atoms with van der Waals surface area (Å²) in [6.07, 6.45) is 2.27. The number of hydrogen-bond acceptors (Lipinski definition) is 0. The van der Waals surface area contributed by atoms with Crippen molar-refractivity contribution in [2.45, 2.75) is 27.7 Å². The maximum absolute atomic E-state index is 2.32. The van der Waals surface area contributed by atoms with Crippen molar-refractivity contribution in [1.29, 1.82) is 0 Å². The Hall–Kier alpha value is -2.29. The van der Waals surface area contributed by atoms with E-state index in [0.717, 1.165) is 0 Å². The van der Waals surface area contributed by atoms with Crippen LogP contribution in [0.2, 0.25) is 0 Å². The van der Waals surface area contributed by atoms with Crippen LogP contribution in [0.15, 0.2) is 53.7 Å². The highest BCUT2D eigenvalue weighted by molar-refractivity contribution is 6.29. The molecule has 107 valence electrons. The van der Waals surface area contributed by atoms with Crippen molar-refractivity contribution in [2.75, 3.05) is 0 Å². The minimum absolute atomic E-state index is 1.28. The van der Waals surface area contributed by atoms with Gasteiger partial charge in [-0.1, -0.05) is 30.3 Å². The molecule has 0 saturated heterocycles. The summed E-state index contributed by atoms with van der Waals surface area (Å²) in [6.45, 7) is 8.76. The molecule has 0 spiro atoms. The van der Waals surface area contributed by atoms with Crippen molar-refractivity contribution in [3.63, 3.8) is 0 Å². The number of fused-ring (bicyclic) bond motifs is 2. The largest absolute Gasteiger partial charge is 0.699 e. The van der Waals surface area contributed by atoms with Gasteiger partial charge in [0.15, 0.2) is 11.4 Å². The molecule has 0 N–H and O–H groups in total. The van der Waals surface area contributed by atoms with E-state index in [0.29, 0.717) is 0 Å². The van der Waals surface area contributed by atoms with Crippen LogP contribution in [0.5, 0.6) is 0 Å². The molecule has 0 atom stereocenters. The van der Waals surface area contributed by atoms with Crippen LogP contribution in [0, 0.1) is 13.8 Å². The first-order valence-electron chi connectivity index (χ1n) is 7.73. The Morgan fingerprint density at radius 3 is 2.45 bits per heavy atom. The molecule has 0 saturated carbocycles. The second-order valence-electron chi connectivity index (χ2n) is 6.23. The number of allylic oxidation sites excluding steroid dienone is 2. The average Bonchev–Trinajstić information content (AvgIpc) is 2.96. The van der Waals surface area contributed by atoms with Crippen LogP contribution in [-0.4, -0.2) is 22.2 Å². The second-order valence-corrected chi connectivity index (χ2v) is 6.23. The van der Waals surface area contributed by atoms with E-state index < -0.39 is 0 Å². The lowest BCUT2D eigenvalue weighted by molar-refractivity contribution is -0.315. The summed E-state index contributed by atoms with van der Waals surface area (Å²) in [5, 5.41) is 0. The minimum atomic E-state index is 1.28. The van der Waals surface area contributed by atoms with Gasteiger partial charge >= 0.3 is 7.55 Å². The number of nitrogens with zero attached hydrogens (tertiary/aromatic N) is 2. The van der Waals surface area contributed by atoms with E-state index in [2.05, 4.69) is 86.7 Å².